The molecule has 3 aromatic rings. The number of rotatable bonds is 7. The van der Waals surface area contributed by atoms with E-state index in [4.69, 9.17) is 14.1 Å². The SMILES string of the molecule is CCCC1=C(C(=O)OCC)[C@@H](c2ccc(C(C)C)cc2)n2c(s/c(=C\c3ccco3)c2=O)=N1. The Kier molecular flexibility index (Phi) is 6.79. The van der Waals surface area contributed by atoms with Crippen LogP contribution in [0.5, 0.6) is 0 Å². The molecule has 33 heavy (non-hydrogen) atoms. The number of fused-ring (bicyclic) bond motifs is 1. The Morgan fingerprint density at radius 3 is 2.61 bits per heavy atom. The molecule has 0 saturated carbocycles. The van der Waals surface area contributed by atoms with Crippen molar-refractivity contribution in [2.45, 2.75) is 52.5 Å². The smallest absolute Gasteiger partial charge is 0.338 e. The highest BCUT2D eigenvalue weighted by Crippen LogP contribution is 2.33. The van der Waals surface area contributed by atoms with Gasteiger partial charge in [-0.05, 0) is 42.5 Å². The van der Waals surface area contributed by atoms with Crippen molar-refractivity contribution in [3.05, 3.63) is 90.5 Å². The third-order valence-electron chi connectivity index (χ3n) is 5.63. The van der Waals surface area contributed by atoms with Crippen LogP contribution in [-0.2, 0) is 9.53 Å². The molecule has 0 N–H and O–H groups in total. The zero-order chi connectivity index (χ0) is 23.5. The van der Waals surface area contributed by atoms with Gasteiger partial charge in [0.15, 0.2) is 4.80 Å². The lowest BCUT2D eigenvalue weighted by Crippen LogP contribution is -2.40. The van der Waals surface area contributed by atoms with E-state index in [1.807, 2.05) is 19.1 Å². The molecular weight excluding hydrogens is 436 g/mol. The van der Waals surface area contributed by atoms with Gasteiger partial charge in [-0.2, -0.15) is 0 Å². The van der Waals surface area contributed by atoms with Gasteiger partial charge >= 0.3 is 5.97 Å². The molecule has 172 valence electrons. The number of hydrogen-bond acceptors (Lipinski definition) is 6. The Morgan fingerprint density at radius 2 is 2.00 bits per heavy atom. The molecule has 0 amide bonds. The molecule has 0 radical (unpaired) electrons. The van der Waals surface area contributed by atoms with Gasteiger partial charge in [0.25, 0.3) is 5.56 Å². The molecule has 1 aliphatic rings. The highest BCUT2D eigenvalue weighted by atomic mass is 32.1. The van der Waals surface area contributed by atoms with Crippen molar-refractivity contribution in [1.29, 1.82) is 0 Å². The number of hydrogen-bond donors (Lipinski definition) is 0. The van der Waals surface area contributed by atoms with Gasteiger partial charge in [-0.3, -0.25) is 9.36 Å². The third kappa shape index (κ3) is 4.50. The molecule has 1 aliphatic heterocycles. The van der Waals surface area contributed by atoms with E-state index in [-0.39, 0.29) is 12.2 Å². The third-order valence-corrected chi connectivity index (χ3v) is 6.61. The van der Waals surface area contributed by atoms with Crippen molar-refractivity contribution in [3.8, 4) is 0 Å². The molecular formula is C26H28N2O4S. The number of carbonyl (C=O) groups is 1. The van der Waals surface area contributed by atoms with Gasteiger partial charge in [-0.15, -0.1) is 0 Å². The van der Waals surface area contributed by atoms with Crippen molar-refractivity contribution >= 4 is 23.4 Å². The summed E-state index contributed by atoms with van der Waals surface area (Å²) in [5, 5.41) is 0. The van der Waals surface area contributed by atoms with E-state index < -0.39 is 12.0 Å². The zero-order valence-electron chi connectivity index (χ0n) is 19.3. The van der Waals surface area contributed by atoms with E-state index in [1.165, 1.54) is 16.9 Å². The molecule has 4 rings (SSSR count). The second-order valence-corrected chi connectivity index (χ2v) is 9.26. The molecule has 7 heteroatoms. The van der Waals surface area contributed by atoms with Crippen LogP contribution in [0.3, 0.4) is 0 Å². The first-order valence-corrected chi connectivity index (χ1v) is 12.1. The van der Waals surface area contributed by atoms with E-state index in [1.54, 1.807) is 36.0 Å². The number of ether oxygens (including phenoxy) is 1. The molecule has 0 bridgehead atoms. The molecule has 1 atom stereocenters. The average molecular weight is 465 g/mol. The summed E-state index contributed by atoms with van der Waals surface area (Å²) in [6, 6.07) is 11.1. The number of aromatic nitrogens is 1. The Bertz CT molecular complexity index is 1340. The Morgan fingerprint density at radius 1 is 1.24 bits per heavy atom. The van der Waals surface area contributed by atoms with Crippen LogP contribution in [0.15, 0.2) is 68.1 Å². The Balaban J connectivity index is 1.98. The van der Waals surface area contributed by atoms with E-state index in [0.29, 0.717) is 38.7 Å². The van der Waals surface area contributed by atoms with Crippen molar-refractivity contribution in [2.75, 3.05) is 6.61 Å². The summed E-state index contributed by atoms with van der Waals surface area (Å²) in [6.07, 6.45) is 4.73. The fourth-order valence-corrected chi connectivity index (χ4v) is 5.00. The second-order valence-electron chi connectivity index (χ2n) is 8.25. The van der Waals surface area contributed by atoms with Gasteiger partial charge in [-0.1, -0.05) is 62.8 Å². The summed E-state index contributed by atoms with van der Waals surface area (Å²) in [6.45, 7) is 8.35. The lowest BCUT2D eigenvalue weighted by Gasteiger charge is -2.26. The lowest BCUT2D eigenvalue weighted by atomic mass is 9.92. The number of nitrogens with zero attached hydrogens (tertiary/aromatic N) is 2. The molecule has 0 saturated heterocycles. The maximum atomic E-state index is 13.6. The van der Waals surface area contributed by atoms with Gasteiger partial charge in [-0.25, -0.2) is 9.79 Å². The summed E-state index contributed by atoms with van der Waals surface area (Å²) >= 11 is 1.31. The number of thiazole rings is 1. The predicted octanol–water partition coefficient (Wildman–Crippen LogP) is 4.29. The monoisotopic (exact) mass is 464 g/mol. The minimum Gasteiger partial charge on any atom is -0.465 e. The van der Waals surface area contributed by atoms with E-state index in [2.05, 4.69) is 26.0 Å². The first kappa shape index (κ1) is 23.0. The molecule has 6 nitrogen and oxygen atoms in total. The number of benzene rings is 1. The van der Waals surface area contributed by atoms with Crippen LogP contribution in [0.25, 0.3) is 6.08 Å². The molecule has 0 fully saturated rings. The second kappa shape index (κ2) is 9.75. The first-order valence-electron chi connectivity index (χ1n) is 11.3. The summed E-state index contributed by atoms with van der Waals surface area (Å²) in [4.78, 5) is 32.0. The minimum absolute atomic E-state index is 0.203. The van der Waals surface area contributed by atoms with E-state index in [9.17, 15) is 9.59 Å². The topological polar surface area (TPSA) is 73.8 Å². The molecule has 2 aromatic heterocycles. The molecule has 0 unspecified atom stereocenters. The quantitative estimate of drug-likeness (QED) is 0.489. The summed E-state index contributed by atoms with van der Waals surface area (Å²) < 4.78 is 13.0. The van der Waals surface area contributed by atoms with Crippen LogP contribution in [0.2, 0.25) is 0 Å². The van der Waals surface area contributed by atoms with Gasteiger partial charge in [0, 0.05) is 6.08 Å². The minimum atomic E-state index is -0.596. The van der Waals surface area contributed by atoms with Gasteiger partial charge in [0.2, 0.25) is 0 Å². The highest BCUT2D eigenvalue weighted by molar-refractivity contribution is 7.07. The molecule has 1 aromatic carbocycles. The normalized spacial score (nSPS) is 16.2. The number of esters is 1. The maximum absolute atomic E-state index is 13.6. The summed E-state index contributed by atoms with van der Waals surface area (Å²) in [5.74, 6) is 0.546. The van der Waals surface area contributed by atoms with E-state index >= 15 is 0 Å². The van der Waals surface area contributed by atoms with E-state index in [0.717, 1.165) is 12.0 Å². The van der Waals surface area contributed by atoms with Crippen LogP contribution in [-0.4, -0.2) is 17.1 Å². The van der Waals surface area contributed by atoms with Gasteiger partial charge < -0.3 is 9.15 Å². The van der Waals surface area contributed by atoms with Crippen LogP contribution in [0, 0.1) is 0 Å². The van der Waals surface area contributed by atoms with Crippen molar-refractivity contribution < 1.29 is 13.9 Å². The number of allylic oxidation sites excluding steroid dienone is 1. The number of furan rings is 1. The lowest BCUT2D eigenvalue weighted by molar-refractivity contribution is -0.139. The Hall–Kier alpha value is -3.19. The van der Waals surface area contributed by atoms with Gasteiger partial charge in [0.1, 0.15) is 5.76 Å². The number of carbonyl (C=O) groups excluding carboxylic acids is 1. The largest absolute Gasteiger partial charge is 0.465 e. The molecule has 0 spiro atoms. The fourth-order valence-electron chi connectivity index (χ4n) is 4.00. The fraction of sp³-hybridized carbons (Fsp3) is 0.346. The predicted molar refractivity (Wildman–Crippen MR) is 129 cm³/mol. The van der Waals surface area contributed by atoms with Crippen LogP contribution >= 0.6 is 11.3 Å². The standard InChI is InChI=1S/C26H28N2O4S/c1-5-8-20-22(25(30)31-6-2)23(18-12-10-17(11-13-18)16(3)4)28-24(29)21(33-26(28)27-20)15-19-9-7-14-32-19/h7,9-16,23H,5-6,8H2,1-4H3/b21-15-/t23-/m1/s1. The van der Waals surface area contributed by atoms with Crippen molar-refractivity contribution in [3.63, 3.8) is 0 Å². The van der Waals surface area contributed by atoms with Crippen molar-refractivity contribution in [1.82, 2.24) is 4.57 Å². The van der Waals surface area contributed by atoms with Gasteiger partial charge in [0.05, 0.1) is 34.7 Å². The van der Waals surface area contributed by atoms with Crippen LogP contribution in [0.1, 0.15) is 69.4 Å². The maximum Gasteiger partial charge on any atom is 0.338 e. The molecule has 3 heterocycles. The summed E-state index contributed by atoms with van der Waals surface area (Å²) in [7, 11) is 0. The highest BCUT2D eigenvalue weighted by Gasteiger charge is 2.34. The average Bonchev–Trinajstić information content (AvgIpc) is 3.41. The van der Waals surface area contributed by atoms with Crippen LogP contribution < -0.4 is 14.9 Å². The Labute approximate surface area is 196 Å². The first-order chi connectivity index (χ1) is 15.9. The zero-order valence-corrected chi connectivity index (χ0v) is 20.1. The van der Waals surface area contributed by atoms with Crippen LogP contribution in [0.4, 0.5) is 0 Å². The van der Waals surface area contributed by atoms with Crippen molar-refractivity contribution in [2.24, 2.45) is 4.99 Å². The summed E-state index contributed by atoms with van der Waals surface area (Å²) in [5.41, 5.74) is 2.97. The molecule has 0 aliphatic carbocycles.